The molecule has 0 bridgehead atoms. The first-order chi connectivity index (χ1) is 7.04. The number of amides is 1. The zero-order chi connectivity index (χ0) is 11.4. The van der Waals surface area contributed by atoms with Crippen LogP contribution >= 0.6 is 23.4 Å². The van der Waals surface area contributed by atoms with Crippen molar-refractivity contribution in [3.63, 3.8) is 0 Å². The number of carbonyl (C=O) groups excluding carboxylic acids is 1. The molecule has 0 aliphatic rings. The van der Waals surface area contributed by atoms with E-state index < -0.39 is 5.63 Å². The molecule has 6 heteroatoms. The Morgan fingerprint density at radius 1 is 1.60 bits per heavy atom. The molecule has 1 heterocycles. The van der Waals surface area contributed by atoms with Gasteiger partial charge in [0.25, 0.3) is 5.24 Å². The highest BCUT2D eigenvalue weighted by Gasteiger charge is 2.13. The van der Waals surface area contributed by atoms with E-state index in [1.54, 1.807) is 0 Å². The average molecular weight is 248 g/mol. The van der Waals surface area contributed by atoms with Gasteiger partial charge in [-0.25, -0.2) is 4.79 Å². The number of anilines is 1. The lowest BCUT2D eigenvalue weighted by atomic mass is 10.5. The van der Waals surface area contributed by atoms with Crippen molar-refractivity contribution in [2.75, 3.05) is 17.7 Å². The van der Waals surface area contributed by atoms with Crippen LogP contribution in [0.1, 0.15) is 6.92 Å². The Labute approximate surface area is 96.2 Å². The lowest BCUT2D eigenvalue weighted by Crippen LogP contribution is -2.23. The maximum absolute atomic E-state index is 11.4. The minimum absolute atomic E-state index is 0.151. The van der Waals surface area contributed by atoms with Crippen molar-refractivity contribution in [3.05, 3.63) is 27.6 Å². The first-order valence-electron chi connectivity index (χ1n) is 4.25. The first kappa shape index (κ1) is 12.1. The summed E-state index contributed by atoms with van der Waals surface area (Å²) in [6.45, 7) is 1.87. The standard InChI is InChI=1S/C9H10ClNO3S/c1-3-15-9(13)11(2)7-4-6(10)5-8(12)14-7/h4-5H,3H2,1-2H3. The van der Waals surface area contributed by atoms with E-state index in [9.17, 15) is 9.59 Å². The van der Waals surface area contributed by atoms with Gasteiger partial charge < -0.3 is 4.42 Å². The van der Waals surface area contributed by atoms with Crippen molar-refractivity contribution in [3.8, 4) is 0 Å². The fraction of sp³-hybridized carbons (Fsp3) is 0.333. The monoisotopic (exact) mass is 247 g/mol. The molecule has 0 aliphatic heterocycles. The maximum atomic E-state index is 11.4. The summed E-state index contributed by atoms with van der Waals surface area (Å²) in [6.07, 6.45) is 0. The molecule has 1 rings (SSSR count). The van der Waals surface area contributed by atoms with Gasteiger partial charge in [0.1, 0.15) is 0 Å². The zero-order valence-corrected chi connectivity index (χ0v) is 9.89. The van der Waals surface area contributed by atoms with Gasteiger partial charge in [-0.15, -0.1) is 0 Å². The van der Waals surface area contributed by atoms with Crippen LogP contribution in [0.15, 0.2) is 21.3 Å². The van der Waals surface area contributed by atoms with E-state index in [0.29, 0.717) is 5.75 Å². The smallest absolute Gasteiger partial charge is 0.338 e. The predicted molar refractivity (Wildman–Crippen MR) is 61.9 cm³/mol. The Morgan fingerprint density at radius 2 is 2.27 bits per heavy atom. The second kappa shape index (κ2) is 5.23. The molecule has 82 valence electrons. The Balaban J connectivity index is 2.95. The molecule has 1 aromatic rings. The molecule has 15 heavy (non-hydrogen) atoms. The number of rotatable bonds is 2. The van der Waals surface area contributed by atoms with Crippen molar-refractivity contribution in [1.82, 2.24) is 0 Å². The molecule has 0 saturated carbocycles. The fourth-order valence-corrected chi connectivity index (χ4v) is 1.62. The number of hydrogen-bond acceptors (Lipinski definition) is 4. The van der Waals surface area contributed by atoms with E-state index in [1.165, 1.54) is 18.0 Å². The summed E-state index contributed by atoms with van der Waals surface area (Å²) in [6, 6.07) is 2.58. The third kappa shape index (κ3) is 3.28. The highest BCUT2D eigenvalue weighted by molar-refractivity contribution is 8.13. The van der Waals surface area contributed by atoms with Crippen molar-refractivity contribution in [2.45, 2.75) is 6.92 Å². The van der Waals surface area contributed by atoms with E-state index >= 15 is 0 Å². The van der Waals surface area contributed by atoms with Gasteiger partial charge in [0, 0.05) is 19.2 Å². The minimum Gasteiger partial charge on any atom is -0.406 e. The largest absolute Gasteiger partial charge is 0.406 e. The molecular weight excluding hydrogens is 238 g/mol. The van der Waals surface area contributed by atoms with Gasteiger partial charge in [0.05, 0.1) is 5.02 Å². The summed E-state index contributed by atoms with van der Waals surface area (Å²) in [5, 5.41) is 0.0605. The number of halogens is 1. The second-order valence-corrected chi connectivity index (χ2v) is 4.34. The quantitative estimate of drug-likeness (QED) is 0.806. The maximum Gasteiger partial charge on any atom is 0.338 e. The summed E-state index contributed by atoms with van der Waals surface area (Å²) >= 11 is 6.80. The number of nitrogens with zero attached hydrogens (tertiary/aromatic N) is 1. The van der Waals surface area contributed by atoms with Crippen LogP contribution in [0.5, 0.6) is 0 Å². The molecule has 0 radical (unpaired) electrons. The van der Waals surface area contributed by atoms with Crippen LogP contribution in [-0.4, -0.2) is 18.0 Å². The van der Waals surface area contributed by atoms with Gasteiger partial charge in [-0.05, 0) is 5.75 Å². The topological polar surface area (TPSA) is 50.5 Å². The lowest BCUT2D eigenvalue weighted by Gasteiger charge is -2.13. The van der Waals surface area contributed by atoms with Gasteiger partial charge in [0.2, 0.25) is 5.88 Å². The van der Waals surface area contributed by atoms with E-state index in [0.717, 1.165) is 17.8 Å². The van der Waals surface area contributed by atoms with Crippen molar-refractivity contribution < 1.29 is 9.21 Å². The predicted octanol–water partition coefficient (Wildman–Crippen LogP) is 2.60. The molecule has 0 unspecified atom stereocenters. The van der Waals surface area contributed by atoms with Crippen LogP contribution in [0.4, 0.5) is 10.7 Å². The number of carbonyl (C=O) groups is 1. The minimum atomic E-state index is -0.571. The van der Waals surface area contributed by atoms with E-state index in [4.69, 9.17) is 16.0 Å². The van der Waals surface area contributed by atoms with Crippen LogP contribution in [0.2, 0.25) is 5.02 Å². The average Bonchev–Trinajstić information content (AvgIpc) is 2.15. The summed E-state index contributed by atoms with van der Waals surface area (Å²) in [5.41, 5.74) is -0.571. The van der Waals surface area contributed by atoms with Crippen LogP contribution in [0.25, 0.3) is 0 Å². The molecule has 0 N–H and O–H groups in total. The van der Waals surface area contributed by atoms with E-state index in [-0.39, 0.29) is 16.1 Å². The zero-order valence-electron chi connectivity index (χ0n) is 8.32. The van der Waals surface area contributed by atoms with Gasteiger partial charge in [-0.3, -0.25) is 9.69 Å². The number of hydrogen-bond donors (Lipinski definition) is 0. The Morgan fingerprint density at radius 3 is 2.80 bits per heavy atom. The highest BCUT2D eigenvalue weighted by atomic mass is 35.5. The van der Waals surface area contributed by atoms with Crippen LogP contribution < -0.4 is 10.5 Å². The van der Waals surface area contributed by atoms with E-state index in [2.05, 4.69) is 0 Å². The van der Waals surface area contributed by atoms with Gasteiger partial charge in [0.15, 0.2) is 0 Å². The summed E-state index contributed by atoms with van der Waals surface area (Å²) in [5.74, 6) is 0.812. The lowest BCUT2D eigenvalue weighted by molar-refractivity contribution is 0.265. The van der Waals surface area contributed by atoms with Gasteiger partial charge in [-0.1, -0.05) is 30.3 Å². The molecule has 0 atom stereocenters. The van der Waals surface area contributed by atoms with E-state index in [1.807, 2.05) is 6.92 Å². The Hall–Kier alpha value is -0.940. The third-order valence-electron chi connectivity index (χ3n) is 1.59. The first-order valence-corrected chi connectivity index (χ1v) is 5.62. The van der Waals surface area contributed by atoms with Crippen molar-refractivity contribution in [2.24, 2.45) is 0 Å². The molecule has 0 saturated heterocycles. The fourth-order valence-electron chi connectivity index (χ4n) is 0.910. The van der Waals surface area contributed by atoms with Crippen molar-refractivity contribution >= 4 is 34.5 Å². The van der Waals surface area contributed by atoms with Crippen molar-refractivity contribution in [1.29, 1.82) is 0 Å². The summed E-state index contributed by atoms with van der Waals surface area (Å²) < 4.78 is 4.84. The SMILES string of the molecule is CCSC(=O)N(C)c1cc(Cl)cc(=O)o1. The molecule has 0 fully saturated rings. The van der Waals surface area contributed by atoms with Gasteiger partial charge >= 0.3 is 5.63 Å². The number of thioether (sulfide) groups is 1. The molecule has 1 amide bonds. The highest BCUT2D eigenvalue weighted by Crippen LogP contribution is 2.19. The Kier molecular flexibility index (Phi) is 4.23. The summed E-state index contributed by atoms with van der Waals surface area (Å²) in [7, 11) is 1.53. The molecule has 4 nitrogen and oxygen atoms in total. The molecule has 0 aliphatic carbocycles. The molecular formula is C9H10ClNO3S. The normalized spacial score (nSPS) is 10.1. The Bertz CT molecular complexity index is 418. The van der Waals surface area contributed by atoms with Crippen LogP contribution in [-0.2, 0) is 0 Å². The van der Waals surface area contributed by atoms with Crippen LogP contribution in [0, 0.1) is 0 Å². The summed E-state index contributed by atoms with van der Waals surface area (Å²) in [4.78, 5) is 23.7. The molecule has 0 aromatic carbocycles. The second-order valence-electron chi connectivity index (χ2n) is 2.69. The molecule has 1 aromatic heterocycles. The molecule has 0 spiro atoms. The van der Waals surface area contributed by atoms with Gasteiger partial charge in [-0.2, -0.15) is 0 Å². The van der Waals surface area contributed by atoms with Crippen LogP contribution in [0.3, 0.4) is 0 Å². The third-order valence-corrected chi connectivity index (χ3v) is 2.62.